The van der Waals surface area contributed by atoms with Gasteiger partial charge in [0.25, 0.3) is 0 Å². The normalized spacial score (nSPS) is 23.2. The third-order valence-corrected chi connectivity index (χ3v) is 5.91. The van der Waals surface area contributed by atoms with E-state index in [9.17, 15) is 4.39 Å². The molecule has 2 bridgehead atoms. The van der Waals surface area contributed by atoms with E-state index in [1.54, 1.807) is 0 Å². The lowest BCUT2D eigenvalue weighted by molar-refractivity contribution is -0.00908. The molecule has 1 aromatic heterocycles. The Morgan fingerprint density at radius 1 is 1.21 bits per heavy atom. The van der Waals surface area contributed by atoms with Crippen LogP contribution in [0.5, 0.6) is 0 Å². The molecular formula is C18H20BrFN4. The van der Waals surface area contributed by atoms with Crippen molar-refractivity contribution in [3.05, 3.63) is 52.1 Å². The first-order chi connectivity index (χ1) is 11.7. The van der Waals surface area contributed by atoms with E-state index in [1.807, 2.05) is 13.0 Å². The van der Waals surface area contributed by atoms with Gasteiger partial charge in [0, 0.05) is 36.2 Å². The molecule has 4 heterocycles. The number of benzene rings is 1. The minimum atomic E-state index is -0.251. The Labute approximate surface area is 149 Å². The summed E-state index contributed by atoms with van der Waals surface area (Å²) in [5, 5.41) is 0. The number of fused-ring (bicyclic) bond motifs is 2. The van der Waals surface area contributed by atoms with E-state index >= 15 is 0 Å². The van der Waals surface area contributed by atoms with Crippen molar-refractivity contribution in [2.24, 2.45) is 0 Å². The first kappa shape index (κ1) is 16.0. The van der Waals surface area contributed by atoms with Gasteiger partial charge in [-0.2, -0.15) is 0 Å². The van der Waals surface area contributed by atoms with Crippen LogP contribution < -0.4 is 4.90 Å². The van der Waals surface area contributed by atoms with Crippen LogP contribution in [0.1, 0.15) is 24.6 Å². The highest BCUT2D eigenvalue weighted by Crippen LogP contribution is 2.36. The molecule has 0 aliphatic carbocycles. The van der Waals surface area contributed by atoms with Crippen molar-refractivity contribution >= 4 is 21.7 Å². The average Bonchev–Trinajstić information content (AvgIpc) is 2.61. The minimum Gasteiger partial charge on any atom is -0.351 e. The number of anilines is 1. The number of halogens is 2. The molecule has 0 amide bonds. The summed E-state index contributed by atoms with van der Waals surface area (Å²) < 4.78 is 15.7. The largest absolute Gasteiger partial charge is 0.351 e. The van der Waals surface area contributed by atoms with Crippen LogP contribution in [0.25, 0.3) is 0 Å². The van der Waals surface area contributed by atoms with Gasteiger partial charge in [-0.15, -0.1) is 0 Å². The van der Waals surface area contributed by atoms with E-state index in [1.165, 1.54) is 18.3 Å². The molecule has 6 heteroatoms. The lowest BCUT2D eigenvalue weighted by Gasteiger charge is -2.56. The van der Waals surface area contributed by atoms with Crippen LogP contribution in [0, 0.1) is 5.82 Å². The van der Waals surface area contributed by atoms with Gasteiger partial charge >= 0.3 is 0 Å². The van der Waals surface area contributed by atoms with E-state index in [0.717, 1.165) is 24.1 Å². The van der Waals surface area contributed by atoms with Crippen molar-refractivity contribution in [3.8, 4) is 0 Å². The molecule has 2 aromatic rings. The number of aryl methyl sites for hydroxylation is 1. The summed E-state index contributed by atoms with van der Waals surface area (Å²) in [5.41, 5.74) is 1.81. The highest BCUT2D eigenvalue weighted by molar-refractivity contribution is 9.10. The van der Waals surface area contributed by atoms with Crippen LogP contribution in [0.15, 0.2) is 35.1 Å². The zero-order chi connectivity index (χ0) is 16.7. The molecule has 3 saturated heterocycles. The first-order valence-electron chi connectivity index (χ1n) is 8.40. The number of piperazine rings is 1. The lowest BCUT2D eigenvalue weighted by Crippen LogP contribution is -2.68. The van der Waals surface area contributed by atoms with Crippen molar-refractivity contribution in [2.45, 2.75) is 38.4 Å². The summed E-state index contributed by atoms with van der Waals surface area (Å²) in [6, 6.07) is 9.29. The molecule has 3 aliphatic rings. The molecule has 126 valence electrons. The topological polar surface area (TPSA) is 32.3 Å². The highest BCUT2D eigenvalue weighted by Gasteiger charge is 2.45. The zero-order valence-corrected chi connectivity index (χ0v) is 15.2. The van der Waals surface area contributed by atoms with E-state index < -0.39 is 0 Å². The maximum atomic E-state index is 14.5. The van der Waals surface area contributed by atoms with E-state index in [0.29, 0.717) is 30.0 Å². The fraction of sp³-hybridized carbons (Fsp3) is 0.444. The Bertz CT molecular complexity index is 742. The Balaban J connectivity index is 1.48. The zero-order valence-electron chi connectivity index (χ0n) is 13.6. The number of nitrogens with zero attached hydrogens (tertiary/aromatic N) is 4. The molecular weight excluding hydrogens is 371 g/mol. The van der Waals surface area contributed by atoms with Gasteiger partial charge in [0.2, 0.25) is 0 Å². The standard InChI is InChI=1S/C18H20BrFN4/c1-2-16-17(20)18(22-11-21-16)23-9-13-7-14(10-23)24(13)8-12-5-3-4-6-15(12)19/h3-6,11,13-14H,2,7-10H2,1H3. The number of piperidine rings is 1. The van der Waals surface area contributed by atoms with Crippen LogP contribution >= 0.6 is 15.9 Å². The summed E-state index contributed by atoms with van der Waals surface area (Å²) in [6.07, 6.45) is 3.26. The maximum Gasteiger partial charge on any atom is 0.187 e. The predicted octanol–water partition coefficient (Wildman–Crippen LogP) is 3.40. The van der Waals surface area contributed by atoms with Crippen LogP contribution in [0.2, 0.25) is 0 Å². The van der Waals surface area contributed by atoms with E-state index in [4.69, 9.17) is 0 Å². The molecule has 0 saturated carbocycles. The summed E-state index contributed by atoms with van der Waals surface area (Å²) >= 11 is 3.63. The van der Waals surface area contributed by atoms with Gasteiger partial charge in [0.05, 0.1) is 5.69 Å². The second-order valence-corrected chi connectivity index (χ2v) is 7.38. The molecule has 0 spiro atoms. The van der Waals surface area contributed by atoms with Crippen molar-refractivity contribution in [3.63, 3.8) is 0 Å². The number of aromatic nitrogens is 2. The van der Waals surface area contributed by atoms with Crippen molar-refractivity contribution in [2.75, 3.05) is 18.0 Å². The Morgan fingerprint density at radius 2 is 1.96 bits per heavy atom. The number of rotatable bonds is 4. The second-order valence-electron chi connectivity index (χ2n) is 6.52. The molecule has 2 atom stereocenters. The van der Waals surface area contributed by atoms with Gasteiger partial charge in [0.15, 0.2) is 11.6 Å². The maximum absolute atomic E-state index is 14.5. The number of hydrogen-bond acceptors (Lipinski definition) is 4. The van der Waals surface area contributed by atoms with E-state index in [2.05, 4.69) is 53.9 Å². The van der Waals surface area contributed by atoms with Gasteiger partial charge < -0.3 is 4.90 Å². The highest BCUT2D eigenvalue weighted by atomic mass is 79.9. The lowest BCUT2D eigenvalue weighted by atomic mass is 9.86. The van der Waals surface area contributed by atoms with Crippen LogP contribution in [-0.4, -0.2) is 40.0 Å². The summed E-state index contributed by atoms with van der Waals surface area (Å²) in [5.74, 6) is 0.218. The molecule has 24 heavy (non-hydrogen) atoms. The molecule has 3 aliphatic heterocycles. The van der Waals surface area contributed by atoms with Gasteiger partial charge in [-0.1, -0.05) is 41.1 Å². The van der Waals surface area contributed by atoms with E-state index in [-0.39, 0.29) is 5.82 Å². The minimum absolute atomic E-state index is 0.251. The summed E-state index contributed by atoms with van der Waals surface area (Å²) in [6.45, 7) is 4.52. The molecule has 5 rings (SSSR count). The smallest absolute Gasteiger partial charge is 0.187 e. The van der Waals surface area contributed by atoms with Crippen molar-refractivity contribution in [1.29, 1.82) is 0 Å². The molecule has 3 fully saturated rings. The Kier molecular flexibility index (Phi) is 4.26. The van der Waals surface area contributed by atoms with Crippen molar-refractivity contribution < 1.29 is 4.39 Å². The summed E-state index contributed by atoms with van der Waals surface area (Å²) in [7, 11) is 0. The fourth-order valence-electron chi connectivity index (χ4n) is 3.80. The third-order valence-electron chi connectivity index (χ3n) is 5.13. The van der Waals surface area contributed by atoms with Gasteiger partial charge in [-0.05, 0) is 24.5 Å². The monoisotopic (exact) mass is 390 g/mol. The Morgan fingerprint density at radius 3 is 2.67 bits per heavy atom. The summed E-state index contributed by atoms with van der Waals surface area (Å²) in [4.78, 5) is 12.9. The molecule has 0 radical (unpaired) electrons. The second kappa shape index (κ2) is 6.41. The first-order valence-corrected chi connectivity index (χ1v) is 9.20. The van der Waals surface area contributed by atoms with Crippen LogP contribution in [-0.2, 0) is 13.0 Å². The van der Waals surface area contributed by atoms with Crippen LogP contribution in [0.4, 0.5) is 10.2 Å². The van der Waals surface area contributed by atoms with Gasteiger partial charge in [-0.3, -0.25) is 4.90 Å². The van der Waals surface area contributed by atoms with Crippen LogP contribution in [0.3, 0.4) is 0 Å². The fourth-order valence-corrected chi connectivity index (χ4v) is 4.21. The molecule has 2 unspecified atom stereocenters. The quantitative estimate of drug-likeness (QED) is 0.800. The third kappa shape index (κ3) is 2.71. The molecule has 4 nitrogen and oxygen atoms in total. The van der Waals surface area contributed by atoms with Gasteiger partial charge in [0.1, 0.15) is 6.33 Å². The Hall–Kier alpha value is -1.53. The average molecular weight is 391 g/mol. The number of hydrogen-bond donors (Lipinski definition) is 0. The SMILES string of the molecule is CCc1ncnc(N2CC3CC(C2)N3Cc2ccccc2Br)c1F. The molecule has 0 N–H and O–H groups in total. The predicted molar refractivity (Wildman–Crippen MR) is 95.5 cm³/mol. The van der Waals surface area contributed by atoms with Gasteiger partial charge in [-0.25, -0.2) is 14.4 Å². The van der Waals surface area contributed by atoms with Crippen molar-refractivity contribution in [1.82, 2.24) is 14.9 Å². The molecule has 1 aromatic carbocycles.